The first-order chi connectivity index (χ1) is 9.70. The van der Waals surface area contributed by atoms with E-state index < -0.39 is 0 Å². The van der Waals surface area contributed by atoms with E-state index in [4.69, 9.17) is 0 Å². The van der Waals surface area contributed by atoms with Crippen LogP contribution in [0.4, 0.5) is 0 Å². The number of nitrogens with one attached hydrogen (secondary N) is 1. The van der Waals surface area contributed by atoms with Crippen LogP contribution in [0.1, 0.15) is 41.8 Å². The largest absolute Gasteiger partial charge is 0.305 e. The van der Waals surface area contributed by atoms with Gasteiger partial charge in [0.2, 0.25) is 0 Å². The SMILES string of the molecule is CCNC(c1ccc2c(c1)CCC2)c1c(Br)nnn1C. The Morgan fingerprint density at radius 1 is 1.35 bits per heavy atom. The van der Waals surface area contributed by atoms with Crippen LogP contribution in [0.3, 0.4) is 0 Å². The topological polar surface area (TPSA) is 42.7 Å². The fraction of sp³-hybridized carbons (Fsp3) is 0.467. The monoisotopic (exact) mass is 334 g/mol. The maximum atomic E-state index is 4.11. The molecule has 0 fully saturated rings. The average Bonchev–Trinajstić information content (AvgIpc) is 3.03. The van der Waals surface area contributed by atoms with Crippen molar-refractivity contribution >= 4 is 15.9 Å². The van der Waals surface area contributed by atoms with Gasteiger partial charge in [0.25, 0.3) is 0 Å². The van der Waals surface area contributed by atoms with Gasteiger partial charge in [-0.1, -0.05) is 30.3 Å². The Morgan fingerprint density at radius 2 is 2.15 bits per heavy atom. The lowest BCUT2D eigenvalue weighted by Crippen LogP contribution is -2.24. The Hall–Kier alpha value is -1.20. The molecular weight excluding hydrogens is 316 g/mol. The summed E-state index contributed by atoms with van der Waals surface area (Å²) < 4.78 is 2.65. The number of hydrogen-bond acceptors (Lipinski definition) is 3. The van der Waals surface area contributed by atoms with Crippen LogP contribution in [-0.4, -0.2) is 21.5 Å². The molecule has 1 aliphatic rings. The molecular formula is C15H19BrN4. The van der Waals surface area contributed by atoms with Gasteiger partial charge in [-0.3, -0.25) is 0 Å². The zero-order valence-corrected chi connectivity index (χ0v) is 13.4. The molecule has 1 aliphatic carbocycles. The van der Waals surface area contributed by atoms with Gasteiger partial charge in [-0.25, -0.2) is 4.68 Å². The summed E-state index contributed by atoms with van der Waals surface area (Å²) >= 11 is 3.51. The summed E-state index contributed by atoms with van der Waals surface area (Å²) in [5.41, 5.74) is 5.37. The van der Waals surface area contributed by atoms with Crippen LogP contribution in [0.2, 0.25) is 0 Å². The first-order valence-corrected chi connectivity index (χ1v) is 7.90. The first kappa shape index (κ1) is 13.8. The average molecular weight is 335 g/mol. The molecule has 2 aromatic rings. The predicted octanol–water partition coefficient (Wildman–Crippen LogP) is 2.77. The highest BCUT2D eigenvalue weighted by molar-refractivity contribution is 9.10. The molecule has 1 atom stereocenters. The molecule has 4 nitrogen and oxygen atoms in total. The van der Waals surface area contributed by atoms with Crippen LogP contribution in [0.25, 0.3) is 0 Å². The molecule has 0 saturated carbocycles. The van der Waals surface area contributed by atoms with Crippen molar-refractivity contribution in [2.24, 2.45) is 7.05 Å². The summed E-state index contributed by atoms with van der Waals surface area (Å²) in [6.07, 6.45) is 3.70. The van der Waals surface area contributed by atoms with Gasteiger partial charge in [0.05, 0.1) is 11.7 Å². The number of hydrogen-bond donors (Lipinski definition) is 1. The highest BCUT2D eigenvalue weighted by Crippen LogP contribution is 2.30. The number of aryl methyl sites for hydroxylation is 3. The minimum Gasteiger partial charge on any atom is -0.305 e. The molecule has 1 heterocycles. The van der Waals surface area contributed by atoms with Gasteiger partial charge in [0.15, 0.2) is 4.60 Å². The van der Waals surface area contributed by atoms with Crippen molar-refractivity contribution in [2.75, 3.05) is 6.54 Å². The van der Waals surface area contributed by atoms with E-state index in [1.165, 1.54) is 36.0 Å². The fourth-order valence-electron chi connectivity index (χ4n) is 2.99. The number of rotatable bonds is 4. The van der Waals surface area contributed by atoms with Gasteiger partial charge in [-0.05, 0) is 58.4 Å². The molecule has 1 aromatic heterocycles. The number of aromatic nitrogens is 3. The summed E-state index contributed by atoms with van der Waals surface area (Å²) in [5.74, 6) is 0. The Balaban J connectivity index is 2.03. The number of halogens is 1. The van der Waals surface area contributed by atoms with Crippen molar-refractivity contribution in [3.63, 3.8) is 0 Å². The van der Waals surface area contributed by atoms with Gasteiger partial charge < -0.3 is 5.32 Å². The lowest BCUT2D eigenvalue weighted by Gasteiger charge is -2.19. The minimum atomic E-state index is 0.125. The van der Waals surface area contributed by atoms with Crippen LogP contribution in [-0.2, 0) is 19.9 Å². The van der Waals surface area contributed by atoms with E-state index in [1.807, 2.05) is 11.7 Å². The number of fused-ring (bicyclic) bond motifs is 1. The fourth-order valence-corrected chi connectivity index (χ4v) is 3.55. The van der Waals surface area contributed by atoms with E-state index in [0.717, 1.165) is 16.8 Å². The van der Waals surface area contributed by atoms with Crippen LogP contribution in [0, 0.1) is 0 Å². The molecule has 0 spiro atoms. The quantitative estimate of drug-likeness (QED) is 0.934. The lowest BCUT2D eigenvalue weighted by atomic mass is 9.99. The third-order valence-corrected chi connectivity index (χ3v) is 4.53. The Kier molecular flexibility index (Phi) is 3.89. The molecule has 0 saturated heterocycles. The second kappa shape index (κ2) is 5.66. The summed E-state index contributed by atoms with van der Waals surface area (Å²) in [6.45, 7) is 3.03. The normalized spacial score (nSPS) is 15.3. The molecule has 0 amide bonds. The molecule has 0 aliphatic heterocycles. The van der Waals surface area contributed by atoms with E-state index >= 15 is 0 Å². The Labute approximate surface area is 127 Å². The van der Waals surface area contributed by atoms with Gasteiger partial charge in [0, 0.05) is 7.05 Å². The van der Waals surface area contributed by atoms with Crippen LogP contribution < -0.4 is 5.32 Å². The Morgan fingerprint density at radius 3 is 2.85 bits per heavy atom. The van der Waals surface area contributed by atoms with Gasteiger partial charge in [-0.2, -0.15) is 0 Å². The smallest absolute Gasteiger partial charge is 0.153 e. The zero-order chi connectivity index (χ0) is 14.1. The van der Waals surface area contributed by atoms with E-state index in [1.54, 1.807) is 0 Å². The number of benzene rings is 1. The number of nitrogens with zero attached hydrogens (tertiary/aromatic N) is 3. The van der Waals surface area contributed by atoms with Crippen molar-refractivity contribution in [3.05, 3.63) is 45.2 Å². The molecule has 20 heavy (non-hydrogen) atoms. The van der Waals surface area contributed by atoms with Gasteiger partial charge >= 0.3 is 0 Å². The summed E-state index contributed by atoms with van der Waals surface area (Å²) in [6, 6.07) is 6.98. The highest BCUT2D eigenvalue weighted by Gasteiger charge is 2.22. The van der Waals surface area contributed by atoms with Gasteiger partial charge in [-0.15, -0.1) is 5.10 Å². The van der Waals surface area contributed by atoms with E-state index in [0.29, 0.717) is 0 Å². The second-order valence-corrected chi connectivity index (χ2v) is 6.01. The van der Waals surface area contributed by atoms with E-state index in [-0.39, 0.29) is 6.04 Å². The van der Waals surface area contributed by atoms with Crippen molar-refractivity contribution < 1.29 is 0 Å². The molecule has 1 N–H and O–H groups in total. The molecule has 1 aromatic carbocycles. The van der Waals surface area contributed by atoms with E-state index in [9.17, 15) is 0 Å². The summed E-state index contributed by atoms with van der Waals surface area (Å²) in [4.78, 5) is 0. The van der Waals surface area contributed by atoms with Crippen LogP contribution >= 0.6 is 15.9 Å². The van der Waals surface area contributed by atoms with Crippen molar-refractivity contribution in [2.45, 2.75) is 32.2 Å². The summed E-state index contributed by atoms with van der Waals surface area (Å²) in [7, 11) is 1.94. The highest BCUT2D eigenvalue weighted by atomic mass is 79.9. The first-order valence-electron chi connectivity index (χ1n) is 7.11. The lowest BCUT2D eigenvalue weighted by molar-refractivity contribution is 0.567. The maximum Gasteiger partial charge on any atom is 0.153 e. The van der Waals surface area contributed by atoms with Crippen LogP contribution in [0.15, 0.2) is 22.8 Å². The maximum absolute atomic E-state index is 4.11. The van der Waals surface area contributed by atoms with Crippen molar-refractivity contribution in [1.82, 2.24) is 20.3 Å². The molecule has 3 rings (SSSR count). The Bertz CT molecular complexity index is 601. The molecule has 106 valence electrons. The molecule has 1 unspecified atom stereocenters. The zero-order valence-electron chi connectivity index (χ0n) is 11.9. The summed E-state index contributed by atoms with van der Waals surface area (Å²) in [5, 5.41) is 11.7. The molecule has 0 bridgehead atoms. The van der Waals surface area contributed by atoms with Gasteiger partial charge in [0.1, 0.15) is 0 Å². The minimum absolute atomic E-state index is 0.125. The van der Waals surface area contributed by atoms with Crippen molar-refractivity contribution in [3.8, 4) is 0 Å². The van der Waals surface area contributed by atoms with E-state index in [2.05, 4.69) is 56.7 Å². The standard InChI is InChI=1S/C15H19BrN4/c1-3-17-13(14-15(16)18-19-20(14)2)12-8-7-10-5-4-6-11(10)9-12/h7-9,13,17H,3-6H2,1-2H3. The second-order valence-electron chi connectivity index (χ2n) is 5.26. The van der Waals surface area contributed by atoms with Crippen LogP contribution in [0.5, 0.6) is 0 Å². The third-order valence-electron chi connectivity index (χ3n) is 3.96. The predicted molar refractivity (Wildman–Crippen MR) is 82.7 cm³/mol. The molecule has 0 radical (unpaired) electrons. The van der Waals surface area contributed by atoms with Crippen molar-refractivity contribution in [1.29, 1.82) is 0 Å². The third kappa shape index (κ3) is 2.40. The molecule has 5 heteroatoms.